The number of aromatic nitrogens is 3. The summed E-state index contributed by atoms with van der Waals surface area (Å²) < 4.78 is 2.03. The highest BCUT2D eigenvalue weighted by Crippen LogP contribution is 2.09. The predicted octanol–water partition coefficient (Wildman–Crippen LogP) is 2.60. The van der Waals surface area contributed by atoms with Crippen LogP contribution in [0, 0.1) is 5.92 Å². The Morgan fingerprint density at radius 3 is 2.71 bits per heavy atom. The third kappa shape index (κ3) is 5.31. The number of rotatable bonds is 6. The molecular weight excluding hydrogens is 212 g/mol. The molecule has 0 aromatic carbocycles. The molecule has 1 unspecified atom stereocenters. The van der Waals surface area contributed by atoms with Gasteiger partial charge in [-0.3, -0.25) is 0 Å². The average molecular weight is 238 g/mol. The molecule has 0 saturated carbocycles. The van der Waals surface area contributed by atoms with Crippen LogP contribution >= 0.6 is 0 Å². The Bertz CT molecular complexity index is 324. The van der Waals surface area contributed by atoms with Crippen LogP contribution in [-0.4, -0.2) is 20.3 Å². The average Bonchev–Trinajstić information content (AvgIpc) is 2.61. The van der Waals surface area contributed by atoms with Crippen LogP contribution < -0.4 is 5.32 Å². The first-order valence-corrected chi connectivity index (χ1v) is 6.54. The molecule has 1 N–H and O–H groups in total. The van der Waals surface area contributed by atoms with Gasteiger partial charge in [0.05, 0.1) is 6.54 Å². The van der Waals surface area contributed by atoms with Crippen LogP contribution in [0.25, 0.3) is 0 Å². The van der Waals surface area contributed by atoms with Gasteiger partial charge in [-0.15, -0.1) is 0 Å². The molecule has 0 radical (unpaired) electrons. The second kappa shape index (κ2) is 6.15. The summed E-state index contributed by atoms with van der Waals surface area (Å²) in [6.45, 7) is 12.7. The van der Waals surface area contributed by atoms with Gasteiger partial charge in [-0.1, -0.05) is 20.3 Å². The summed E-state index contributed by atoms with van der Waals surface area (Å²) in [5.74, 6) is 1.69. The summed E-state index contributed by atoms with van der Waals surface area (Å²) in [6.07, 6.45) is 4.12. The van der Waals surface area contributed by atoms with Crippen LogP contribution in [0.4, 0.5) is 0 Å². The SMILES string of the molecule is CCCC(C)Cn1ncnc1CNC(C)(C)C. The number of hydrogen-bond donors (Lipinski definition) is 1. The van der Waals surface area contributed by atoms with Crippen molar-refractivity contribution in [1.82, 2.24) is 20.1 Å². The highest BCUT2D eigenvalue weighted by Gasteiger charge is 2.12. The van der Waals surface area contributed by atoms with Crippen molar-refractivity contribution < 1.29 is 0 Å². The van der Waals surface area contributed by atoms with E-state index in [-0.39, 0.29) is 5.54 Å². The molecule has 0 saturated heterocycles. The molecule has 1 atom stereocenters. The minimum atomic E-state index is 0.117. The van der Waals surface area contributed by atoms with Crippen molar-refractivity contribution in [3.8, 4) is 0 Å². The molecule has 0 spiro atoms. The Balaban J connectivity index is 2.54. The monoisotopic (exact) mass is 238 g/mol. The van der Waals surface area contributed by atoms with E-state index in [1.807, 2.05) is 4.68 Å². The maximum absolute atomic E-state index is 4.32. The highest BCUT2D eigenvalue weighted by atomic mass is 15.3. The quantitative estimate of drug-likeness (QED) is 0.828. The second-order valence-corrected chi connectivity index (χ2v) is 5.86. The van der Waals surface area contributed by atoms with E-state index in [1.54, 1.807) is 6.33 Å². The van der Waals surface area contributed by atoms with Gasteiger partial charge in [0.15, 0.2) is 0 Å². The molecule has 1 rings (SSSR count). The van der Waals surface area contributed by atoms with Crippen molar-refractivity contribution in [2.75, 3.05) is 0 Å². The van der Waals surface area contributed by atoms with Crippen LogP contribution in [0.1, 0.15) is 53.3 Å². The van der Waals surface area contributed by atoms with Crippen molar-refractivity contribution in [2.45, 2.75) is 66.1 Å². The van der Waals surface area contributed by atoms with Gasteiger partial charge in [0.2, 0.25) is 0 Å². The highest BCUT2D eigenvalue weighted by molar-refractivity contribution is 4.86. The molecule has 4 nitrogen and oxygen atoms in total. The van der Waals surface area contributed by atoms with Crippen molar-refractivity contribution >= 4 is 0 Å². The van der Waals surface area contributed by atoms with E-state index >= 15 is 0 Å². The lowest BCUT2D eigenvalue weighted by Crippen LogP contribution is -2.36. The standard InChI is InChI=1S/C13H26N4/c1-6-7-11(2)9-17-12(14-10-16-17)8-15-13(3,4)5/h10-11,15H,6-9H2,1-5H3. The Labute approximate surface area is 105 Å². The maximum atomic E-state index is 4.32. The van der Waals surface area contributed by atoms with Gasteiger partial charge in [0.25, 0.3) is 0 Å². The molecule has 17 heavy (non-hydrogen) atoms. The lowest BCUT2D eigenvalue weighted by molar-refractivity contribution is 0.380. The molecule has 0 aliphatic carbocycles. The molecule has 0 amide bonds. The molecule has 0 bridgehead atoms. The van der Waals surface area contributed by atoms with Crippen molar-refractivity contribution in [3.05, 3.63) is 12.2 Å². The first kappa shape index (κ1) is 14.2. The maximum Gasteiger partial charge on any atom is 0.140 e. The Morgan fingerprint density at radius 2 is 2.12 bits per heavy atom. The fraction of sp³-hybridized carbons (Fsp3) is 0.846. The van der Waals surface area contributed by atoms with Gasteiger partial charge >= 0.3 is 0 Å². The van der Waals surface area contributed by atoms with Gasteiger partial charge in [-0.25, -0.2) is 9.67 Å². The Hall–Kier alpha value is -0.900. The van der Waals surface area contributed by atoms with E-state index in [1.165, 1.54) is 12.8 Å². The van der Waals surface area contributed by atoms with Crippen molar-refractivity contribution in [3.63, 3.8) is 0 Å². The Morgan fingerprint density at radius 1 is 1.41 bits per heavy atom. The predicted molar refractivity (Wildman–Crippen MR) is 70.7 cm³/mol. The van der Waals surface area contributed by atoms with Gasteiger partial charge in [-0.2, -0.15) is 5.10 Å². The molecule has 98 valence electrons. The van der Waals surface area contributed by atoms with E-state index in [2.05, 4.69) is 50.0 Å². The molecular formula is C13H26N4. The van der Waals surface area contributed by atoms with E-state index in [0.29, 0.717) is 5.92 Å². The third-order valence-corrected chi connectivity index (χ3v) is 2.74. The van der Waals surface area contributed by atoms with Gasteiger partial charge in [0.1, 0.15) is 12.2 Å². The van der Waals surface area contributed by atoms with E-state index in [9.17, 15) is 0 Å². The van der Waals surface area contributed by atoms with Crippen LogP contribution in [0.5, 0.6) is 0 Å². The van der Waals surface area contributed by atoms with Gasteiger partial charge < -0.3 is 5.32 Å². The van der Waals surface area contributed by atoms with Crippen LogP contribution in [-0.2, 0) is 13.1 Å². The first-order chi connectivity index (χ1) is 7.92. The van der Waals surface area contributed by atoms with Crippen molar-refractivity contribution in [2.24, 2.45) is 5.92 Å². The summed E-state index contributed by atoms with van der Waals surface area (Å²) >= 11 is 0. The van der Waals surface area contributed by atoms with Crippen LogP contribution in [0.2, 0.25) is 0 Å². The van der Waals surface area contributed by atoms with E-state index < -0.39 is 0 Å². The van der Waals surface area contributed by atoms with Gasteiger partial charge in [-0.05, 0) is 33.1 Å². The molecule has 1 aromatic heterocycles. The van der Waals surface area contributed by atoms with Crippen LogP contribution in [0.3, 0.4) is 0 Å². The third-order valence-electron chi connectivity index (χ3n) is 2.74. The lowest BCUT2D eigenvalue weighted by Gasteiger charge is -2.20. The molecule has 1 heterocycles. The smallest absolute Gasteiger partial charge is 0.140 e. The van der Waals surface area contributed by atoms with E-state index in [4.69, 9.17) is 0 Å². The van der Waals surface area contributed by atoms with E-state index in [0.717, 1.165) is 18.9 Å². The van der Waals surface area contributed by atoms with Gasteiger partial charge in [0, 0.05) is 12.1 Å². The Kier molecular flexibility index (Phi) is 5.12. The largest absolute Gasteiger partial charge is 0.305 e. The summed E-state index contributed by atoms with van der Waals surface area (Å²) in [5.41, 5.74) is 0.117. The zero-order valence-electron chi connectivity index (χ0n) is 11.8. The molecule has 0 fully saturated rings. The zero-order valence-corrected chi connectivity index (χ0v) is 11.8. The molecule has 0 aliphatic rings. The number of hydrogen-bond acceptors (Lipinski definition) is 3. The van der Waals surface area contributed by atoms with Crippen LogP contribution in [0.15, 0.2) is 6.33 Å². The van der Waals surface area contributed by atoms with Crippen molar-refractivity contribution in [1.29, 1.82) is 0 Å². The summed E-state index contributed by atoms with van der Waals surface area (Å²) in [7, 11) is 0. The topological polar surface area (TPSA) is 42.7 Å². The summed E-state index contributed by atoms with van der Waals surface area (Å²) in [5, 5.41) is 7.75. The fourth-order valence-electron chi connectivity index (χ4n) is 1.80. The fourth-order valence-corrected chi connectivity index (χ4v) is 1.80. The molecule has 0 aliphatic heterocycles. The first-order valence-electron chi connectivity index (χ1n) is 6.54. The minimum Gasteiger partial charge on any atom is -0.305 e. The second-order valence-electron chi connectivity index (χ2n) is 5.86. The number of nitrogens with one attached hydrogen (secondary N) is 1. The number of nitrogens with zero attached hydrogens (tertiary/aromatic N) is 3. The molecule has 1 aromatic rings. The normalized spacial score (nSPS) is 13.9. The summed E-state index contributed by atoms with van der Waals surface area (Å²) in [6, 6.07) is 0. The zero-order chi connectivity index (χ0) is 12.9. The molecule has 4 heteroatoms. The summed E-state index contributed by atoms with van der Waals surface area (Å²) in [4.78, 5) is 4.32. The minimum absolute atomic E-state index is 0.117. The lowest BCUT2D eigenvalue weighted by atomic mass is 10.1.